The van der Waals surface area contributed by atoms with Gasteiger partial charge in [0, 0.05) is 6.54 Å². The normalized spacial score (nSPS) is 14.3. The molecule has 6 nitrogen and oxygen atoms in total. The number of rotatable bonds is 4. The van der Waals surface area contributed by atoms with Crippen molar-refractivity contribution in [3.8, 4) is 0 Å². The number of aliphatic imine (C=N–C) groups is 1. The molecule has 0 atom stereocenters. The summed E-state index contributed by atoms with van der Waals surface area (Å²) in [5, 5.41) is 3.94. The van der Waals surface area contributed by atoms with Crippen molar-refractivity contribution in [1.82, 2.24) is 10.7 Å². The Hall–Kier alpha value is -2.63. The number of amides is 2. The maximum absolute atomic E-state index is 11.9. The van der Waals surface area contributed by atoms with Crippen LogP contribution in [0, 0.1) is 6.92 Å². The lowest BCUT2D eigenvalue weighted by Gasteiger charge is -2.27. The molecule has 1 aliphatic rings. The first-order valence-electron chi connectivity index (χ1n) is 6.21. The van der Waals surface area contributed by atoms with Crippen molar-refractivity contribution in [3.05, 3.63) is 42.5 Å². The number of carbonyl (C=O) groups excluding carboxylic acids is 2. The molecule has 0 aromatic heterocycles. The summed E-state index contributed by atoms with van der Waals surface area (Å²) in [5.74, 6) is -0.462. The predicted octanol–water partition coefficient (Wildman–Crippen LogP) is 0.547. The number of anilines is 1. The Morgan fingerprint density at radius 3 is 2.85 bits per heavy atom. The van der Waals surface area contributed by atoms with Crippen LogP contribution in [0.4, 0.5) is 5.69 Å². The first kappa shape index (κ1) is 13.8. The van der Waals surface area contributed by atoms with Crippen molar-refractivity contribution in [3.63, 3.8) is 0 Å². The molecule has 0 saturated carbocycles. The Morgan fingerprint density at radius 1 is 1.50 bits per heavy atom. The second-order valence-corrected chi connectivity index (χ2v) is 4.34. The quantitative estimate of drug-likeness (QED) is 0.786. The van der Waals surface area contributed by atoms with Crippen LogP contribution in [0.15, 0.2) is 41.9 Å². The van der Waals surface area contributed by atoms with Gasteiger partial charge in [-0.3, -0.25) is 20.0 Å². The lowest BCUT2D eigenvalue weighted by molar-refractivity contribution is -0.118. The van der Waals surface area contributed by atoms with Crippen LogP contribution in [0.5, 0.6) is 0 Å². The van der Waals surface area contributed by atoms with Gasteiger partial charge in [0.05, 0.1) is 5.69 Å². The molecule has 2 N–H and O–H groups in total. The number of hydrazine groups is 1. The molecule has 1 aliphatic heterocycles. The molecule has 104 valence electrons. The summed E-state index contributed by atoms with van der Waals surface area (Å²) < 4.78 is 0. The number of hydrogen-bond acceptors (Lipinski definition) is 4. The fraction of sp³-hybridized carbons (Fsp3) is 0.214. The van der Waals surface area contributed by atoms with Crippen LogP contribution in [0.2, 0.25) is 0 Å². The summed E-state index contributed by atoms with van der Waals surface area (Å²) in [4.78, 5) is 27.6. The highest BCUT2D eigenvalue weighted by Crippen LogP contribution is 2.15. The second kappa shape index (κ2) is 6.01. The van der Waals surface area contributed by atoms with Crippen LogP contribution in [0.1, 0.15) is 5.56 Å². The van der Waals surface area contributed by atoms with Gasteiger partial charge >= 0.3 is 0 Å². The number of benzene rings is 1. The third kappa shape index (κ3) is 3.03. The predicted molar refractivity (Wildman–Crippen MR) is 77.3 cm³/mol. The van der Waals surface area contributed by atoms with E-state index in [1.807, 2.05) is 31.2 Å². The van der Waals surface area contributed by atoms with Gasteiger partial charge in [-0.2, -0.15) is 0 Å². The highest BCUT2D eigenvalue weighted by molar-refractivity contribution is 6.39. The lowest BCUT2D eigenvalue weighted by Crippen LogP contribution is -2.55. The zero-order valence-corrected chi connectivity index (χ0v) is 11.2. The Kier molecular flexibility index (Phi) is 4.14. The largest absolute Gasteiger partial charge is 0.346 e. The van der Waals surface area contributed by atoms with Crippen LogP contribution >= 0.6 is 0 Å². The van der Waals surface area contributed by atoms with Gasteiger partial charge in [-0.25, -0.2) is 5.01 Å². The molecule has 1 aromatic carbocycles. The van der Waals surface area contributed by atoms with Crippen LogP contribution in [-0.2, 0) is 9.59 Å². The molecule has 0 unspecified atom stereocenters. The molecule has 0 radical (unpaired) electrons. The number of nitrogens with zero attached hydrogens (tertiary/aromatic N) is 2. The average molecular weight is 272 g/mol. The van der Waals surface area contributed by atoms with Crippen LogP contribution in [0.3, 0.4) is 0 Å². The first-order chi connectivity index (χ1) is 9.61. The van der Waals surface area contributed by atoms with E-state index < -0.39 is 0 Å². The van der Waals surface area contributed by atoms with Crippen molar-refractivity contribution in [2.24, 2.45) is 4.99 Å². The van der Waals surface area contributed by atoms with Gasteiger partial charge in [0.2, 0.25) is 5.84 Å². The lowest BCUT2D eigenvalue weighted by atomic mass is 10.2. The van der Waals surface area contributed by atoms with Crippen LogP contribution in [0.25, 0.3) is 0 Å². The molecule has 20 heavy (non-hydrogen) atoms. The summed E-state index contributed by atoms with van der Waals surface area (Å²) in [6, 6.07) is 7.41. The van der Waals surface area contributed by atoms with E-state index in [1.54, 1.807) is 6.08 Å². The minimum Gasteiger partial charge on any atom is -0.346 e. The van der Waals surface area contributed by atoms with Gasteiger partial charge in [-0.1, -0.05) is 23.8 Å². The maximum atomic E-state index is 11.9. The Bertz CT molecular complexity index is 563. The van der Waals surface area contributed by atoms with E-state index >= 15 is 0 Å². The molecular formula is C14H16N4O2. The smallest absolute Gasteiger partial charge is 0.288 e. The van der Waals surface area contributed by atoms with Gasteiger partial charge in [0.25, 0.3) is 11.8 Å². The summed E-state index contributed by atoms with van der Waals surface area (Å²) in [7, 11) is 0. The Labute approximate surface area is 117 Å². The molecule has 1 heterocycles. The monoisotopic (exact) mass is 272 g/mol. The topological polar surface area (TPSA) is 73.8 Å². The standard InChI is InChI=1S/C14H16N4O2/c1-3-8-15-14(20)13-16-9-12(19)18(17-13)11-6-4-10(2)5-7-11/h3-7H,1,8-9H2,2H3,(H,15,20)(H,16,17). The number of carbonyl (C=O) groups is 2. The zero-order chi connectivity index (χ0) is 14.5. The van der Waals surface area contributed by atoms with Crippen molar-refractivity contribution < 1.29 is 9.59 Å². The number of amidine groups is 1. The average Bonchev–Trinajstić information content (AvgIpc) is 2.46. The molecule has 0 fully saturated rings. The van der Waals surface area contributed by atoms with Crippen LogP contribution in [-0.4, -0.2) is 30.7 Å². The molecule has 0 saturated heterocycles. The van der Waals surface area contributed by atoms with Crippen molar-refractivity contribution in [2.75, 3.05) is 18.1 Å². The third-order valence-electron chi connectivity index (χ3n) is 2.75. The fourth-order valence-corrected chi connectivity index (χ4v) is 1.69. The molecule has 1 aromatic rings. The van der Waals surface area contributed by atoms with Crippen molar-refractivity contribution in [2.45, 2.75) is 6.92 Å². The molecule has 2 amide bonds. The van der Waals surface area contributed by atoms with Crippen molar-refractivity contribution >= 4 is 23.3 Å². The molecule has 0 spiro atoms. The van der Waals surface area contributed by atoms with Gasteiger partial charge in [-0.15, -0.1) is 6.58 Å². The summed E-state index contributed by atoms with van der Waals surface area (Å²) in [6.07, 6.45) is 1.57. The SMILES string of the molecule is C=CCNC(=O)C1=NCC(=O)N(c2ccc(C)cc2)N1. The Balaban J connectivity index is 2.14. The van der Waals surface area contributed by atoms with E-state index in [0.717, 1.165) is 5.56 Å². The highest BCUT2D eigenvalue weighted by atomic mass is 16.2. The molecule has 2 rings (SSSR count). The molecule has 0 bridgehead atoms. The number of aryl methyl sites for hydroxylation is 1. The van der Waals surface area contributed by atoms with E-state index in [1.165, 1.54) is 5.01 Å². The summed E-state index contributed by atoms with van der Waals surface area (Å²) >= 11 is 0. The summed E-state index contributed by atoms with van der Waals surface area (Å²) in [6.45, 7) is 5.77. The van der Waals surface area contributed by atoms with Crippen molar-refractivity contribution in [1.29, 1.82) is 0 Å². The third-order valence-corrected chi connectivity index (χ3v) is 2.75. The van der Waals surface area contributed by atoms with Gasteiger partial charge in [-0.05, 0) is 19.1 Å². The van der Waals surface area contributed by atoms with E-state index in [0.29, 0.717) is 12.2 Å². The molecule has 0 aliphatic carbocycles. The number of hydrogen-bond donors (Lipinski definition) is 2. The van der Waals surface area contributed by atoms with E-state index in [2.05, 4.69) is 22.3 Å². The molecule has 6 heteroatoms. The second-order valence-electron chi connectivity index (χ2n) is 4.34. The minimum absolute atomic E-state index is 0.0578. The molecular weight excluding hydrogens is 256 g/mol. The number of nitrogens with one attached hydrogen (secondary N) is 2. The van der Waals surface area contributed by atoms with E-state index in [4.69, 9.17) is 0 Å². The zero-order valence-electron chi connectivity index (χ0n) is 11.2. The minimum atomic E-state index is -0.366. The Morgan fingerprint density at radius 2 is 2.20 bits per heavy atom. The van der Waals surface area contributed by atoms with Gasteiger partial charge < -0.3 is 5.32 Å². The van der Waals surface area contributed by atoms with Gasteiger partial charge in [0.15, 0.2) is 0 Å². The van der Waals surface area contributed by atoms with Crippen LogP contribution < -0.4 is 15.8 Å². The fourth-order valence-electron chi connectivity index (χ4n) is 1.69. The highest BCUT2D eigenvalue weighted by Gasteiger charge is 2.25. The van der Waals surface area contributed by atoms with E-state index in [9.17, 15) is 9.59 Å². The maximum Gasteiger partial charge on any atom is 0.288 e. The summed E-state index contributed by atoms with van der Waals surface area (Å²) in [5.41, 5.74) is 4.50. The van der Waals surface area contributed by atoms with E-state index in [-0.39, 0.29) is 24.2 Å². The van der Waals surface area contributed by atoms with Gasteiger partial charge in [0.1, 0.15) is 6.54 Å². The first-order valence-corrected chi connectivity index (χ1v) is 6.21.